The van der Waals surface area contributed by atoms with Crippen molar-refractivity contribution in [2.45, 2.75) is 58.5 Å². The first kappa shape index (κ1) is 30.2. The number of hydrogen-bond acceptors (Lipinski definition) is 4. The highest BCUT2D eigenvalue weighted by Gasteiger charge is 2.32. The Hall–Kier alpha value is -3.36. The number of aryl methyl sites for hydroxylation is 3. The highest BCUT2D eigenvalue weighted by molar-refractivity contribution is 7.92. The molecular weight excluding hydrogens is 534 g/mol. The molecule has 39 heavy (non-hydrogen) atoms. The van der Waals surface area contributed by atoms with Gasteiger partial charge in [-0.05, 0) is 87.2 Å². The lowest BCUT2D eigenvalue weighted by Crippen LogP contribution is -2.51. The van der Waals surface area contributed by atoms with Crippen molar-refractivity contribution in [3.8, 4) is 0 Å². The predicted octanol–water partition coefficient (Wildman–Crippen LogP) is 5.40. The molecular formula is C30H36ClN3O4S. The van der Waals surface area contributed by atoms with Crippen LogP contribution in [0.2, 0.25) is 5.02 Å². The van der Waals surface area contributed by atoms with Crippen LogP contribution in [0.3, 0.4) is 0 Å². The summed E-state index contributed by atoms with van der Waals surface area (Å²) in [5, 5.41) is 3.25. The normalized spacial score (nSPS) is 12.1. The monoisotopic (exact) mass is 569 g/mol. The molecule has 0 spiro atoms. The van der Waals surface area contributed by atoms with Crippen LogP contribution in [-0.2, 0) is 26.2 Å². The first-order chi connectivity index (χ1) is 18.4. The Bertz CT molecular complexity index is 1410. The van der Waals surface area contributed by atoms with Gasteiger partial charge in [0.25, 0.3) is 10.0 Å². The van der Waals surface area contributed by atoms with Crippen molar-refractivity contribution in [1.82, 2.24) is 10.2 Å². The number of benzene rings is 3. The standard InChI is InChI=1S/C30H36ClN3O4S/c1-6-17-32-30(36)24(5)33(19-25-10-7-21(2)8-11-25)29(35)20-34(27-14-9-22(3)23(4)18-27)39(37,38)28-15-12-26(31)13-16-28/h7-16,18,24H,6,17,19-20H2,1-5H3,(H,32,36)/t24-/m1/s1. The maximum Gasteiger partial charge on any atom is 0.264 e. The molecule has 2 amide bonds. The van der Waals surface area contributed by atoms with Crippen LogP contribution in [0.25, 0.3) is 0 Å². The molecule has 0 aliphatic heterocycles. The molecule has 0 aliphatic rings. The molecule has 1 N–H and O–H groups in total. The van der Waals surface area contributed by atoms with Gasteiger partial charge in [-0.3, -0.25) is 13.9 Å². The van der Waals surface area contributed by atoms with Crippen molar-refractivity contribution in [1.29, 1.82) is 0 Å². The van der Waals surface area contributed by atoms with E-state index in [9.17, 15) is 18.0 Å². The summed E-state index contributed by atoms with van der Waals surface area (Å²) in [6.45, 7) is 9.55. The number of carbonyl (C=O) groups is 2. The molecule has 0 saturated carbocycles. The van der Waals surface area contributed by atoms with Gasteiger partial charge in [-0.25, -0.2) is 8.42 Å². The van der Waals surface area contributed by atoms with Gasteiger partial charge in [0.05, 0.1) is 10.6 Å². The van der Waals surface area contributed by atoms with E-state index in [4.69, 9.17) is 11.6 Å². The van der Waals surface area contributed by atoms with E-state index >= 15 is 0 Å². The van der Waals surface area contributed by atoms with Gasteiger partial charge < -0.3 is 10.2 Å². The first-order valence-corrected chi connectivity index (χ1v) is 14.7. The zero-order valence-electron chi connectivity index (χ0n) is 23.1. The minimum atomic E-state index is -4.14. The third-order valence-electron chi connectivity index (χ3n) is 6.65. The first-order valence-electron chi connectivity index (χ1n) is 12.9. The number of anilines is 1. The Balaban J connectivity index is 2.04. The summed E-state index contributed by atoms with van der Waals surface area (Å²) in [7, 11) is -4.14. The lowest BCUT2D eigenvalue weighted by atomic mass is 10.1. The number of halogens is 1. The summed E-state index contributed by atoms with van der Waals surface area (Å²) in [4.78, 5) is 28.3. The number of sulfonamides is 1. The van der Waals surface area contributed by atoms with Crippen molar-refractivity contribution in [2.24, 2.45) is 0 Å². The van der Waals surface area contributed by atoms with Crippen LogP contribution in [0.5, 0.6) is 0 Å². The van der Waals surface area contributed by atoms with E-state index in [1.54, 1.807) is 19.1 Å². The van der Waals surface area contributed by atoms with Crippen LogP contribution in [0.4, 0.5) is 5.69 Å². The third-order valence-corrected chi connectivity index (χ3v) is 8.69. The van der Waals surface area contributed by atoms with E-state index in [2.05, 4.69) is 5.32 Å². The third kappa shape index (κ3) is 7.61. The van der Waals surface area contributed by atoms with Gasteiger partial charge in [0.1, 0.15) is 12.6 Å². The molecule has 0 unspecified atom stereocenters. The summed E-state index contributed by atoms with van der Waals surface area (Å²) in [6.07, 6.45) is 0.754. The quantitative estimate of drug-likeness (QED) is 0.335. The average Bonchev–Trinajstić information content (AvgIpc) is 2.91. The van der Waals surface area contributed by atoms with Crippen LogP contribution < -0.4 is 9.62 Å². The van der Waals surface area contributed by atoms with E-state index < -0.39 is 28.5 Å². The van der Waals surface area contributed by atoms with Gasteiger partial charge in [0.15, 0.2) is 0 Å². The minimum Gasteiger partial charge on any atom is -0.354 e. The van der Waals surface area contributed by atoms with E-state index in [-0.39, 0.29) is 17.3 Å². The summed E-state index contributed by atoms with van der Waals surface area (Å²) in [5.74, 6) is -0.791. The zero-order valence-corrected chi connectivity index (χ0v) is 24.6. The fourth-order valence-corrected chi connectivity index (χ4v) is 5.54. The Morgan fingerprint density at radius 2 is 1.56 bits per heavy atom. The molecule has 0 aromatic heterocycles. The molecule has 9 heteroatoms. The molecule has 0 saturated heterocycles. The van der Waals surface area contributed by atoms with E-state index in [0.717, 1.165) is 33.0 Å². The van der Waals surface area contributed by atoms with Gasteiger partial charge in [-0.2, -0.15) is 0 Å². The number of carbonyl (C=O) groups excluding carboxylic acids is 2. The molecule has 3 rings (SSSR count). The van der Waals surface area contributed by atoms with Crippen LogP contribution in [0, 0.1) is 20.8 Å². The molecule has 0 bridgehead atoms. The average molecular weight is 570 g/mol. The molecule has 0 radical (unpaired) electrons. The molecule has 0 fully saturated rings. The van der Waals surface area contributed by atoms with Crippen LogP contribution in [-0.4, -0.2) is 44.3 Å². The molecule has 3 aromatic rings. The number of nitrogens with zero attached hydrogens (tertiary/aromatic N) is 2. The molecule has 7 nitrogen and oxygen atoms in total. The van der Waals surface area contributed by atoms with Crippen molar-refractivity contribution < 1.29 is 18.0 Å². The van der Waals surface area contributed by atoms with Crippen molar-refractivity contribution in [2.75, 3.05) is 17.4 Å². The SMILES string of the molecule is CCCNC(=O)[C@@H](C)N(Cc1ccc(C)cc1)C(=O)CN(c1ccc(C)c(C)c1)S(=O)(=O)c1ccc(Cl)cc1. The van der Waals surface area contributed by atoms with Crippen LogP contribution in [0.15, 0.2) is 71.6 Å². The second-order valence-corrected chi connectivity index (χ2v) is 12.0. The maximum absolute atomic E-state index is 13.9. The van der Waals surface area contributed by atoms with Gasteiger partial charge in [0.2, 0.25) is 11.8 Å². The fraction of sp³-hybridized carbons (Fsp3) is 0.333. The topological polar surface area (TPSA) is 86.8 Å². The minimum absolute atomic E-state index is 0.0109. The summed E-state index contributed by atoms with van der Waals surface area (Å²) in [5.41, 5.74) is 4.15. The number of rotatable bonds is 11. The number of hydrogen-bond donors (Lipinski definition) is 1. The summed E-state index contributed by atoms with van der Waals surface area (Å²) < 4.78 is 28.8. The van der Waals surface area contributed by atoms with E-state index in [1.807, 2.05) is 58.0 Å². The molecule has 0 heterocycles. The highest BCUT2D eigenvalue weighted by atomic mass is 35.5. The second kappa shape index (κ2) is 13.1. The van der Waals surface area contributed by atoms with Gasteiger partial charge in [-0.15, -0.1) is 0 Å². The van der Waals surface area contributed by atoms with Crippen molar-refractivity contribution >= 4 is 39.1 Å². The Morgan fingerprint density at radius 3 is 2.15 bits per heavy atom. The second-order valence-electron chi connectivity index (χ2n) is 9.71. The number of nitrogens with one attached hydrogen (secondary N) is 1. The molecule has 3 aromatic carbocycles. The lowest BCUT2D eigenvalue weighted by Gasteiger charge is -2.32. The zero-order chi connectivity index (χ0) is 28.7. The van der Waals surface area contributed by atoms with Gasteiger partial charge in [-0.1, -0.05) is 54.4 Å². The molecule has 208 valence electrons. The largest absolute Gasteiger partial charge is 0.354 e. The highest BCUT2D eigenvalue weighted by Crippen LogP contribution is 2.27. The summed E-state index contributed by atoms with van der Waals surface area (Å²) in [6, 6.07) is 17.9. The van der Waals surface area contributed by atoms with Gasteiger partial charge in [0, 0.05) is 18.1 Å². The number of amides is 2. The van der Waals surface area contributed by atoms with Crippen LogP contribution >= 0.6 is 11.6 Å². The van der Waals surface area contributed by atoms with E-state index in [1.165, 1.54) is 29.2 Å². The molecule has 1 atom stereocenters. The lowest BCUT2D eigenvalue weighted by molar-refractivity contribution is -0.139. The molecule has 0 aliphatic carbocycles. The fourth-order valence-electron chi connectivity index (χ4n) is 4.01. The predicted molar refractivity (Wildman–Crippen MR) is 156 cm³/mol. The van der Waals surface area contributed by atoms with Crippen molar-refractivity contribution in [3.05, 3.63) is 94.0 Å². The van der Waals surface area contributed by atoms with Gasteiger partial charge >= 0.3 is 0 Å². The Labute approximate surface area is 236 Å². The summed E-state index contributed by atoms with van der Waals surface area (Å²) >= 11 is 6.00. The Kier molecular flexibility index (Phi) is 10.2. The van der Waals surface area contributed by atoms with Crippen molar-refractivity contribution in [3.63, 3.8) is 0 Å². The van der Waals surface area contributed by atoms with Crippen LogP contribution in [0.1, 0.15) is 42.5 Å². The van der Waals surface area contributed by atoms with E-state index in [0.29, 0.717) is 17.3 Å². The smallest absolute Gasteiger partial charge is 0.264 e. The maximum atomic E-state index is 13.9. The Morgan fingerprint density at radius 1 is 0.923 bits per heavy atom.